The van der Waals surface area contributed by atoms with Gasteiger partial charge in [0, 0.05) is 29.3 Å². The van der Waals surface area contributed by atoms with E-state index < -0.39 is 0 Å². The number of rotatable bonds is 5. The number of hydrogen-bond acceptors (Lipinski definition) is 8. The van der Waals surface area contributed by atoms with Crippen LogP contribution >= 0.6 is 11.3 Å². The molecule has 4 aromatic rings. The van der Waals surface area contributed by atoms with Crippen LogP contribution in [0.3, 0.4) is 0 Å². The molecule has 3 aromatic heterocycles. The third-order valence-electron chi connectivity index (χ3n) is 6.74. The van der Waals surface area contributed by atoms with Gasteiger partial charge in [-0.25, -0.2) is 9.97 Å². The van der Waals surface area contributed by atoms with Gasteiger partial charge in [-0.05, 0) is 43.2 Å². The SMILES string of the molecule is COc1cc2[nH]ncc2cc1Nc1ncnc2sc3c(c12)CCC(CC(=O)N1CCCOC1)C3. The van der Waals surface area contributed by atoms with E-state index in [-0.39, 0.29) is 5.91 Å². The summed E-state index contributed by atoms with van der Waals surface area (Å²) in [7, 11) is 1.65. The number of thiophene rings is 1. The van der Waals surface area contributed by atoms with E-state index >= 15 is 0 Å². The number of amides is 1. The van der Waals surface area contributed by atoms with Gasteiger partial charge in [0.25, 0.3) is 0 Å². The highest BCUT2D eigenvalue weighted by atomic mass is 32.1. The lowest BCUT2D eigenvalue weighted by molar-refractivity contribution is -0.141. The van der Waals surface area contributed by atoms with Gasteiger partial charge in [-0.15, -0.1) is 11.3 Å². The average molecular weight is 479 g/mol. The molecule has 1 saturated heterocycles. The molecule has 1 fully saturated rings. The minimum absolute atomic E-state index is 0.207. The lowest BCUT2D eigenvalue weighted by Crippen LogP contribution is -2.39. The second-order valence-electron chi connectivity index (χ2n) is 8.90. The predicted molar refractivity (Wildman–Crippen MR) is 131 cm³/mol. The van der Waals surface area contributed by atoms with Gasteiger partial charge in [0.15, 0.2) is 0 Å². The zero-order valence-electron chi connectivity index (χ0n) is 19.0. The van der Waals surface area contributed by atoms with Crippen molar-refractivity contribution in [2.75, 3.05) is 32.3 Å². The summed E-state index contributed by atoms with van der Waals surface area (Å²) in [6.07, 6.45) is 7.70. The summed E-state index contributed by atoms with van der Waals surface area (Å²) in [5, 5.41) is 12.6. The summed E-state index contributed by atoms with van der Waals surface area (Å²) in [5.41, 5.74) is 3.05. The normalized spacial score (nSPS) is 18.3. The first-order valence-electron chi connectivity index (χ1n) is 11.6. The molecule has 0 spiro atoms. The third kappa shape index (κ3) is 3.86. The summed E-state index contributed by atoms with van der Waals surface area (Å²) < 4.78 is 11.1. The van der Waals surface area contributed by atoms with Crippen LogP contribution in [-0.2, 0) is 22.4 Å². The number of aromatic nitrogens is 4. The molecular formula is C24H26N6O3S. The van der Waals surface area contributed by atoms with Gasteiger partial charge >= 0.3 is 0 Å². The Labute approximate surface area is 200 Å². The number of aryl methyl sites for hydroxylation is 1. The molecule has 1 unspecified atom stereocenters. The van der Waals surface area contributed by atoms with Gasteiger partial charge in [-0.3, -0.25) is 9.89 Å². The van der Waals surface area contributed by atoms with Gasteiger partial charge in [-0.1, -0.05) is 0 Å². The van der Waals surface area contributed by atoms with Crippen molar-refractivity contribution >= 4 is 49.9 Å². The molecule has 1 aromatic carbocycles. The van der Waals surface area contributed by atoms with E-state index in [1.807, 2.05) is 17.0 Å². The smallest absolute Gasteiger partial charge is 0.224 e. The number of carbonyl (C=O) groups excluding carboxylic acids is 1. The van der Waals surface area contributed by atoms with Crippen LogP contribution in [0.2, 0.25) is 0 Å². The number of H-pyrrole nitrogens is 1. The molecule has 10 heteroatoms. The topological polar surface area (TPSA) is 105 Å². The number of benzene rings is 1. The van der Waals surface area contributed by atoms with Gasteiger partial charge in [0.1, 0.15) is 29.5 Å². The fourth-order valence-electron chi connectivity index (χ4n) is 4.98. The number of fused-ring (bicyclic) bond motifs is 4. The van der Waals surface area contributed by atoms with Crippen LogP contribution in [0.1, 0.15) is 29.7 Å². The van der Waals surface area contributed by atoms with Gasteiger partial charge in [-0.2, -0.15) is 5.10 Å². The number of hydrogen-bond donors (Lipinski definition) is 2. The van der Waals surface area contributed by atoms with Crippen LogP contribution in [0.4, 0.5) is 11.5 Å². The quantitative estimate of drug-likeness (QED) is 0.446. The Balaban J connectivity index is 1.27. The molecule has 0 saturated carbocycles. The van der Waals surface area contributed by atoms with Crippen LogP contribution < -0.4 is 10.1 Å². The van der Waals surface area contributed by atoms with Crippen molar-refractivity contribution in [3.8, 4) is 5.75 Å². The molecule has 1 amide bonds. The lowest BCUT2D eigenvalue weighted by atomic mass is 9.85. The molecule has 9 nitrogen and oxygen atoms in total. The number of nitrogens with one attached hydrogen (secondary N) is 2. The van der Waals surface area contributed by atoms with E-state index in [9.17, 15) is 4.79 Å². The van der Waals surface area contributed by atoms with Gasteiger partial charge < -0.3 is 19.7 Å². The maximum atomic E-state index is 12.7. The molecule has 1 atom stereocenters. The van der Waals surface area contributed by atoms with E-state index in [0.29, 0.717) is 24.8 Å². The van der Waals surface area contributed by atoms with Crippen molar-refractivity contribution in [3.05, 3.63) is 35.1 Å². The highest BCUT2D eigenvalue weighted by Gasteiger charge is 2.28. The van der Waals surface area contributed by atoms with Crippen LogP contribution in [0.5, 0.6) is 5.75 Å². The minimum Gasteiger partial charge on any atom is -0.494 e. The molecular weight excluding hydrogens is 452 g/mol. The first-order valence-corrected chi connectivity index (χ1v) is 12.4. The average Bonchev–Trinajstić information content (AvgIpc) is 3.47. The number of anilines is 2. The zero-order valence-corrected chi connectivity index (χ0v) is 19.8. The summed E-state index contributed by atoms with van der Waals surface area (Å²) in [6, 6.07) is 3.94. The fraction of sp³-hybridized carbons (Fsp3) is 0.417. The standard InChI is InChI=1S/C24H26N6O3S/c1-32-19-10-17-15(11-27-29-17)9-18(19)28-23-22-16-4-3-14(7-20(16)34-24(22)26-12-25-23)8-21(31)30-5-2-6-33-13-30/h9-12,14H,2-8,13H2,1H3,(H,27,29)(H,25,26,28). The Morgan fingerprint density at radius 2 is 2.32 bits per heavy atom. The first kappa shape index (κ1) is 21.3. The second-order valence-corrected chi connectivity index (χ2v) is 9.99. The summed E-state index contributed by atoms with van der Waals surface area (Å²) in [4.78, 5) is 26.0. The minimum atomic E-state index is 0.207. The van der Waals surface area contributed by atoms with Crippen molar-refractivity contribution in [1.29, 1.82) is 0 Å². The fourth-order valence-corrected chi connectivity index (χ4v) is 6.28. The number of aromatic amines is 1. The van der Waals surface area contributed by atoms with Gasteiger partial charge in [0.2, 0.25) is 5.91 Å². The second kappa shape index (κ2) is 8.84. The van der Waals surface area contributed by atoms with Crippen LogP contribution in [0, 0.1) is 5.92 Å². The number of methoxy groups -OCH3 is 1. The number of carbonyl (C=O) groups is 1. The molecule has 0 radical (unpaired) electrons. The Morgan fingerprint density at radius 1 is 1.38 bits per heavy atom. The molecule has 4 heterocycles. The Kier molecular flexibility index (Phi) is 5.54. The molecule has 6 rings (SSSR count). The molecule has 2 aliphatic rings. The molecule has 0 bridgehead atoms. The summed E-state index contributed by atoms with van der Waals surface area (Å²) >= 11 is 1.72. The maximum Gasteiger partial charge on any atom is 0.224 e. The highest BCUT2D eigenvalue weighted by Crippen LogP contribution is 2.42. The van der Waals surface area contributed by atoms with E-state index in [4.69, 9.17) is 9.47 Å². The van der Waals surface area contributed by atoms with E-state index in [2.05, 4.69) is 25.5 Å². The predicted octanol–water partition coefficient (Wildman–Crippen LogP) is 4.02. The van der Waals surface area contributed by atoms with Crippen molar-refractivity contribution < 1.29 is 14.3 Å². The van der Waals surface area contributed by atoms with E-state index in [1.54, 1.807) is 31.0 Å². The molecule has 176 valence electrons. The summed E-state index contributed by atoms with van der Waals surface area (Å²) in [5.74, 6) is 2.05. The van der Waals surface area contributed by atoms with Crippen LogP contribution in [0.25, 0.3) is 21.1 Å². The largest absolute Gasteiger partial charge is 0.494 e. The Hall–Kier alpha value is -3.24. The van der Waals surface area contributed by atoms with Crippen LogP contribution in [0.15, 0.2) is 24.7 Å². The van der Waals surface area contributed by atoms with E-state index in [1.165, 1.54) is 10.4 Å². The van der Waals surface area contributed by atoms with Crippen molar-refractivity contribution in [2.24, 2.45) is 5.92 Å². The molecule has 1 aliphatic heterocycles. The Morgan fingerprint density at radius 3 is 3.18 bits per heavy atom. The maximum absolute atomic E-state index is 12.7. The van der Waals surface area contributed by atoms with Crippen molar-refractivity contribution in [1.82, 2.24) is 25.1 Å². The first-order chi connectivity index (χ1) is 16.7. The lowest BCUT2D eigenvalue weighted by Gasteiger charge is -2.29. The summed E-state index contributed by atoms with van der Waals surface area (Å²) in [6.45, 7) is 1.98. The van der Waals surface area contributed by atoms with Crippen molar-refractivity contribution in [2.45, 2.75) is 32.1 Å². The monoisotopic (exact) mass is 478 g/mol. The molecule has 34 heavy (non-hydrogen) atoms. The third-order valence-corrected chi connectivity index (χ3v) is 7.90. The molecule has 1 aliphatic carbocycles. The van der Waals surface area contributed by atoms with E-state index in [0.717, 1.165) is 71.5 Å². The zero-order chi connectivity index (χ0) is 23.1. The highest BCUT2D eigenvalue weighted by molar-refractivity contribution is 7.19. The van der Waals surface area contributed by atoms with Crippen molar-refractivity contribution in [3.63, 3.8) is 0 Å². The van der Waals surface area contributed by atoms with Crippen LogP contribution in [-0.4, -0.2) is 58.0 Å². The van der Waals surface area contributed by atoms with Gasteiger partial charge in [0.05, 0.1) is 36.5 Å². The molecule has 2 N–H and O–H groups in total. The number of nitrogens with zero attached hydrogens (tertiary/aromatic N) is 4. The number of ether oxygens (including phenoxy) is 2. The Bertz CT molecular complexity index is 1360.